The van der Waals surface area contributed by atoms with Gasteiger partial charge in [-0.3, -0.25) is 18.4 Å². The number of Topliss-reactive ketones (excluding diaryl/α,β-unsaturated/α-hetero) is 1. The van der Waals surface area contributed by atoms with E-state index in [9.17, 15) is 9.59 Å². The number of imidazole rings is 2. The molecule has 4 heterocycles. The van der Waals surface area contributed by atoms with Crippen molar-refractivity contribution in [3.8, 4) is 0 Å². The van der Waals surface area contributed by atoms with Crippen molar-refractivity contribution in [2.45, 2.75) is 6.92 Å². The Morgan fingerprint density at radius 2 is 1.40 bits per heavy atom. The lowest BCUT2D eigenvalue weighted by Crippen LogP contribution is -2.05. The molecule has 4 aromatic rings. The van der Waals surface area contributed by atoms with Gasteiger partial charge in [0.05, 0.1) is 12.4 Å². The number of halogens is 2. The van der Waals surface area contributed by atoms with Crippen molar-refractivity contribution in [1.82, 2.24) is 23.7 Å². The molecule has 0 atom stereocenters. The van der Waals surface area contributed by atoms with E-state index in [1.54, 1.807) is 31.6 Å². The van der Waals surface area contributed by atoms with E-state index in [-0.39, 0.29) is 11.6 Å². The molecule has 0 unspecified atom stereocenters. The second-order valence-electron chi connectivity index (χ2n) is 6.64. The van der Waals surface area contributed by atoms with Crippen LogP contribution in [-0.4, -0.2) is 49.3 Å². The summed E-state index contributed by atoms with van der Waals surface area (Å²) in [4.78, 5) is 33.3. The highest BCUT2D eigenvalue weighted by atomic mass is 127. The zero-order valence-electron chi connectivity index (χ0n) is 16.6. The molecular weight excluding hydrogens is 608 g/mol. The van der Waals surface area contributed by atoms with Gasteiger partial charge in [-0.05, 0) is 69.4 Å². The van der Waals surface area contributed by atoms with E-state index in [2.05, 4.69) is 55.1 Å². The number of ketones is 2. The summed E-state index contributed by atoms with van der Waals surface area (Å²) in [5.41, 5.74) is 2.81. The van der Waals surface area contributed by atoms with Crippen LogP contribution in [0.1, 0.15) is 27.9 Å². The van der Waals surface area contributed by atoms with Crippen LogP contribution in [0.2, 0.25) is 0 Å². The fraction of sp³-hybridized carbons (Fsp3) is 0.143. The number of aromatic nitrogens is 4. The van der Waals surface area contributed by atoms with Crippen LogP contribution in [0.3, 0.4) is 0 Å². The maximum absolute atomic E-state index is 12.0. The van der Waals surface area contributed by atoms with E-state index in [1.807, 2.05) is 64.5 Å². The minimum absolute atomic E-state index is 0.0366. The summed E-state index contributed by atoms with van der Waals surface area (Å²) >= 11 is 4.42. The molecule has 0 aliphatic rings. The molecule has 0 bridgehead atoms. The van der Waals surface area contributed by atoms with Gasteiger partial charge in [0.1, 0.15) is 22.7 Å². The number of allylic oxidation sites excluding steroid dienone is 1. The first kappa shape index (κ1) is 22.4. The minimum Gasteiger partial charge on any atom is -0.383 e. The van der Waals surface area contributed by atoms with Gasteiger partial charge in [0.15, 0.2) is 5.78 Å². The molecule has 0 radical (unpaired) electrons. The van der Waals surface area contributed by atoms with E-state index in [1.165, 1.54) is 0 Å². The largest absolute Gasteiger partial charge is 0.383 e. The zero-order chi connectivity index (χ0) is 21.8. The Kier molecular flexibility index (Phi) is 7.23. The second-order valence-corrected chi connectivity index (χ2v) is 9.13. The molecule has 0 aliphatic carbocycles. The quantitative estimate of drug-likeness (QED) is 0.192. The Bertz CT molecular complexity index is 1260. The van der Waals surface area contributed by atoms with Gasteiger partial charge in [-0.2, -0.15) is 0 Å². The third-order valence-corrected chi connectivity index (χ3v) is 5.35. The second kappa shape index (κ2) is 9.69. The molecule has 0 saturated heterocycles. The molecule has 30 heavy (non-hydrogen) atoms. The van der Waals surface area contributed by atoms with E-state index in [0.717, 1.165) is 18.4 Å². The number of hydrogen-bond acceptors (Lipinski definition) is 5. The van der Waals surface area contributed by atoms with Gasteiger partial charge in [-0.15, -0.1) is 0 Å². The summed E-state index contributed by atoms with van der Waals surface area (Å²) in [6, 6.07) is 7.72. The van der Waals surface area contributed by atoms with Crippen LogP contribution in [-0.2, 0) is 0 Å². The first-order chi connectivity index (χ1) is 14.3. The summed E-state index contributed by atoms with van der Waals surface area (Å²) in [5.74, 6) is -0.0114. The fourth-order valence-corrected chi connectivity index (χ4v) is 3.57. The molecule has 0 aliphatic heterocycles. The monoisotopic (exact) mass is 627 g/mol. The lowest BCUT2D eigenvalue weighted by atomic mass is 10.3. The maximum Gasteiger partial charge on any atom is 0.205 e. The standard InChI is InChI=1S/C12H12IN3O.C9H7IN2O/c1-15(2)6-5-11(17)10-7-14-12-4-3-9(13)8-16(10)12;1-6(13)8-4-11-9-3-2-7(10)5-12(8)9/h3-8H,1-2H3;2-5H,1H3/b6-5+;. The Hall–Kier alpha value is -2.28. The van der Waals surface area contributed by atoms with Crippen molar-refractivity contribution < 1.29 is 9.59 Å². The molecule has 0 saturated carbocycles. The first-order valence-electron chi connectivity index (χ1n) is 8.91. The van der Waals surface area contributed by atoms with Crippen LogP contribution < -0.4 is 0 Å². The van der Waals surface area contributed by atoms with Crippen molar-refractivity contribution in [3.63, 3.8) is 0 Å². The van der Waals surface area contributed by atoms with Crippen molar-refractivity contribution >= 4 is 68.0 Å². The molecule has 4 rings (SSSR count). The molecule has 9 heteroatoms. The van der Waals surface area contributed by atoms with E-state index in [4.69, 9.17) is 0 Å². The Balaban J connectivity index is 0.000000177. The van der Waals surface area contributed by atoms with Crippen LogP contribution in [0.4, 0.5) is 0 Å². The summed E-state index contributed by atoms with van der Waals surface area (Å²) in [6.07, 6.45) is 10.3. The highest BCUT2D eigenvalue weighted by molar-refractivity contribution is 14.1. The van der Waals surface area contributed by atoms with Gasteiger partial charge in [0.25, 0.3) is 0 Å². The van der Waals surface area contributed by atoms with Crippen molar-refractivity contribution in [1.29, 1.82) is 0 Å². The summed E-state index contributed by atoms with van der Waals surface area (Å²) in [7, 11) is 3.75. The number of pyridine rings is 2. The third-order valence-electron chi connectivity index (χ3n) is 4.08. The Morgan fingerprint density at radius 1 is 0.900 bits per heavy atom. The predicted octanol–water partition coefficient (Wildman–Crippen LogP) is 4.34. The number of hydrogen-bond donors (Lipinski definition) is 0. The number of rotatable bonds is 4. The van der Waals surface area contributed by atoms with Gasteiger partial charge in [0, 0.05) is 52.8 Å². The van der Waals surface area contributed by atoms with E-state index in [0.29, 0.717) is 11.4 Å². The lowest BCUT2D eigenvalue weighted by Gasteiger charge is -2.03. The van der Waals surface area contributed by atoms with Gasteiger partial charge in [-0.1, -0.05) is 0 Å². The van der Waals surface area contributed by atoms with Crippen LogP contribution in [0.15, 0.2) is 61.3 Å². The molecule has 0 amide bonds. The SMILES string of the molecule is CC(=O)c1cnc2ccc(I)cn12.CN(C)/C=C/C(=O)c1cnc2ccc(I)cn12. The molecule has 0 N–H and O–H groups in total. The van der Waals surface area contributed by atoms with Gasteiger partial charge < -0.3 is 4.90 Å². The predicted molar refractivity (Wildman–Crippen MR) is 133 cm³/mol. The molecule has 4 aromatic heterocycles. The van der Waals surface area contributed by atoms with Crippen molar-refractivity contribution in [2.75, 3.05) is 14.1 Å². The molecule has 0 aromatic carbocycles. The molecule has 0 fully saturated rings. The van der Waals surface area contributed by atoms with Crippen molar-refractivity contribution in [2.24, 2.45) is 0 Å². The van der Waals surface area contributed by atoms with Gasteiger partial charge >= 0.3 is 0 Å². The number of fused-ring (bicyclic) bond motifs is 2. The maximum atomic E-state index is 12.0. The minimum atomic E-state index is -0.0480. The molecule has 154 valence electrons. The lowest BCUT2D eigenvalue weighted by molar-refractivity contribution is 0.101. The highest BCUT2D eigenvalue weighted by Gasteiger charge is 2.09. The van der Waals surface area contributed by atoms with E-state index >= 15 is 0 Å². The topological polar surface area (TPSA) is 72.0 Å². The van der Waals surface area contributed by atoms with Gasteiger partial charge in [0.2, 0.25) is 5.78 Å². The summed E-state index contributed by atoms with van der Waals surface area (Å²) in [6.45, 7) is 1.54. The van der Waals surface area contributed by atoms with Gasteiger partial charge in [-0.25, -0.2) is 9.97 Å². The first-order valence-corrected chi connectivity index (χ1v) is 11.1. The summed E-state index contributed by atoms with van der Waals surface area (Å²) in [5, 5.41) is 0. The smallest absolute Gasteiger partial charge is 0.205 e. The fourth-order valence-electron chi connectivity index (χ4n) is 2.65. The van der Waals surface area contributed by atoms with Crippen LogP contribution in [0.25, 0.3) is 11.3 Å². The van der Waals surface area contributed by atoms with Crippen LogP contribution in [0.5, 0.6) is 0 Å². The Labute approximate surface area is 201 Å². The Morgan fingerprint density at radius 3 is 1.90 bits per heavy atom. The molecule has 0 spiro atoms. The molecular formula is C21H19I2N5O2. The van der Waals surface area contributed by atoms with Crippen LogP contribution in [0, 0.1) is 7.14 Å². The number of carbonyl (C=O) groups excluding carboxylic acids is 2. The zero-order valence-corrected chi connectivity index (χ0v) is 20.9. The average Bonchev–Trinajstić information content (AvgIpc) is 3.30. The normalized spacial score (nSPS) is 11.0. The highest BCUT2D eigenvalue weighted by Crippen LogP contribution is 2.12. The van der Waals surface area contributed by atoms with E-state index < -0.39 is 0 Å². The van der Waals surface area contributed by atoms with Crippen molar-refractivity contribution in [3.05, 3.63) is 79.9 Å². The number of carbonyl (C=O) groups is 2. The third kappa shape index (κ3) is 5.25. The summed E-state index contributed by atoms with van der Waals surface area (Å²) < 4.78 is 5.78. The van der Waals surface area contributed by atoms with Crippen LogP contribution >= 0.6 is 45.2 Å². The average molecular weight is 627 g/mol. The number of nitrogens with zero attached hydrogens (tertiary/aromatic N) is 5. The molecule has 7 nitrogen and oxygen atoms in total.